The van der Waals surface area contributed by atoms with E-state index in [4.69, 9.17) is 41.4 Å². The van der Waals surface area contributed by atoms with Crippen LogP contribution in [-0.4, -0.2) is 157 Å². The summed E-state index contributed by atoms with van der Waals surface area (Å²) >= 11 is 0. The summed E-state index contributed by atoms with van der Waals surface area (Å²) in [5.41, 5.74) is 20.9. The smallest absolute Gasteiger partial charge is 0.281 e. The van der Waals surface area contributed by atoms with E-state index in [2.05, 4.69) is 134 Å². The lowest BCUT2D eigenvalue weighted by molar-refractivity contribution is 0.0283. The van der Waals surface area contributed by atoms with Gasteiger partial charge in [-0.2, -0.15) is 33.7 Å². The van der Waals surface area contributed by atoms with Crippen LogP contribution in [0.25, 0.3) is 28.1 Å². The number of pyridine rings is 8. The van der Waals surface area contributed by atoms with Crippen LogP contribution in [0.4, 0.5) is 43.7 Å². The fourth-order valence-corrected chi connectivity index (χ4v) is 22.4. The molecule has 4 aliphatic rings. The van der Waals surface area contributed by atoms with Crippen molar-refractivity contribution in [3.05, 3.63) is 251 Å². The van der Waals surface area contributed by atoms with Gasteiger partial charge in [-0.05, 0) is 276 Å². The van der Waals surface area contributed by atoms with Gasteiger partial charge in [0.2, 0.25) is 0 Å². The third kappa shape index (κ3) is 27.9. The number of nitrogens with two attached hydrogens (primary N) is 3. The van der Waals surface area contributed by atoms with Crippen LogP contribution in [0.5, 0.6) is 17.2 Å². The zero-order valence-electron chi connectivity index (χ0n) is 84.9. The predicted molar refractivity (Wildman–Crippen MR) is 556 cm³/mol. The highest BCUT2D eigenvalue weighted by atomic mass is 32.2. The second-order valence-electron chi connectivity index (χ2n) is 41.3. The SMILES string of the molecule is C=C(C)c1ccc(C(=O)NS(=O)(=O)c2cccc(N)n2)c(N2C[C@@H](C)CC2(C)C)n1.C[C@@H]1CN(c2nc(-c3cc(F)cc(OCC(C)(C)O)c3)ccc2C(=O)NS(=O)(=O)c2cccc(N)n2)C(C)(C)C1.Cc1ccc(C(=O)NS(=O)(=O)c2cccc(N)n2)c(N2C[C@@H](C)CC2(C)C)n1.Cc1nc(S(=O)(=O)NC(=O)c2ccc(-c3cc(F)cc(OCC(C)C)c3)nc2C2C[C@@H](C)CC2(C)C)ccc1OCc1ccccc1.[HH]. The molecule has 11 N–H and O–H groups in total. The standard InChI is InChI=1S/C37H42FN3O5S.C28H34FN5O5S.C21H27N5O3S.C19H25N5O3S.H2/c1-23(2)21-45-29-18-27(17-28(38)19-29)32-13-12-30(35(40-32)31-16-24(3)20-37(31,5)6)36(42)41-47(43,44)34-15-14-33(25(4)39-34)46-22-26-10-8-7-9-11-26;1-17-14-27(2,3)34(15-17)25-21(26(35)33-40(37,38)24-8-6-7-23(30)32-24)9-10-22(31-25)18-11-19(29)13-20(12-18)39-16-28(4,5)36;1-13(2)16-10-9-15(19(23-16)26-12-14(3)11-21(26,4)5)20(27)25-30(28,29)18-8-6-7-17(22)24-18;1-12-10-19(3,4)24(11-12)17-14(9-8-13(2)21-17)18(25)23-28(26,27)16-7-5-6-15(20)22-16;/h7-15,17-19,23-24,31H,16,20-22H2,1-6H3,(H,41,42);6-13,17,36H,14-16H2,1-5H3,(H2,30,32)(H,33,35);6-10,14H,1,11-12H2,2-5H3,(H2,22,24)(H,25,27);5-9,12H,10-11H2,1-4H3,(H2,20,22)(H,23,25);1H/t24-,31?;17-;14-;12-;/m1000./s1. The van der Waals surface area contributed by atoms with Gasteiger partial charge in [0.1, 0.15) is 77.0 Å². The minimum atomic E-state index is -4.34. The van der Waals surface area contributed by atoms with Crippen molar-refractivity contribution >= 4 is 104 Å². The van der Waals surface area contributed by atoms with Gasteiger partial charge in [-0.25, -0.2) is 62.6 Å². The number of aliphatic hydroxyl groups is 1. The van der Waals surface area contributed by atoms with E-state index in [0.29, 0.717) is 107 Å². The molecule has 145 heavy (non-hydrogen) atoms. The molecule has 1 saturated carbocycles. The number of allylic oxidation sites excluding steroid dienone is 1. The van der Waals surface area contributed by atoms with E-state index in [9.17, 15) is 66.7 Å². The number of benzene rings is 3. The molecule has 5 atom stereocenters. The number of nitrogens with zero attached hydrogens (tertiary/aromatic N) is 11. The normalized spacial score (nSPS) is 17.8. The minimum Gasteiger partial charge on any atom is -0.493 e. The number of sulfonamides is 4. The molecule has 3 aromatic carbocycles. The minimum absolute atomic E-state index is 0. The monoisotopic (exact) mass is 2060 g/mol. The Morgan fingerprint density at radius 1 is 0.476 bits per heavy atom. The molecular formula is C105H130F2N18O16S4. The molecule has 8 aromatic heterocycles. The number of ether oxygens (including phenoxy) is 3. The summed E-state index contributed by atoms with van der Waals surface area (Å²) in [5, 5.41) is 8.67. The number of aromatic nitrogens is 8. The first-order valence-electron chi connectivity index (χ1n) is 47.4. The Bertz CT molecular complexity index is 7210. The maximum atomic E-state index is 14.7. The fraction of sp³-hybridized carbons (Fsp3) is 0.390. The number of hydrogen-bond donors (Lipinski definition) is 8. The van der Waals surface area contributed by atoms with Crippen LogP contribution in [0.2, 0.25) is 0 Å². The van der Waals surface area contributed by atoms with Gasteiger partial charge in [-0.15, -0.1) is 0 Å². The number of carbonyl (C=O) groups is 4. The van der Waals surface area contributed by atoms with Crippen molar-refractivity contribution in [1.82, 2.24) is 58.8 Å². The van der Waals surface area contributed by atoms with Crippen LogP contribution in [-0.2, 0) is 46.7 Å². The lowest BCUT2D eigenvalue weighted by Gasteiger charge is -2.34. The molecule has 0 bridgehead atoms. The van der Waals surface area contributed by atoms with Crippen LogP contribution in [0.3, 0.4) is 0 Å². The molecule has 4 fully saturated rings. The quantitative estimate of drug-likeness (QED) is 0.0226. The summed E-state index contributed by atoms with van der Waals surface area (Å²) in [4.78, 5) is 93.7. The maximum absolute atomic E-state index is 14.7. The van der Waals surface area contributed by atoms with Gasteiger partial charge >= 0.3 is 0 Å². The first kappa shape index (κ1) is 110. The summed E-state index contributed by atoms with van der Waals surface area (Å²) in [5.74, 6) is -0.279. The number of rotatable bonds is 28. The molecular weight excluding hydrogens is 1940 g/mol. The third-order valence-electron chi connectivity index (χ3n) is 24.9. The molecule has 774 valence electrons. The number of halogens is 2. The van der Waals surface area contributed by atoms with E-state index < -0.39 is 86.5 Å². The van der Waals surface area contributed by atoms with Crippen LogP contribution in [0.15, 0.2) is 209 Å². The van der Waals surface area contributed by atoms with Crippen LogP contribution < -0.4 is 65.0 Å². The summed E-state index contributed by atoms with van der Waals surface area (Å²) in [7, 11) is -17.0. The highest BCUT2D eigenvalue weighted by Gasteiger charge is 2.46. The van der Waals surface area contributed by atoms with Crippen molar-refractivity contribution in [2.45, 2.75) is 219 Å². The van der Waals surface area contributed by atoms with Gasteiger partial charge in [0.15, 0.2) is 20.1 Å². The molecule has 4 amide bonds. The Labute approximate surface area is 848 Å². The number of anilines is 6. The Balaban J connectivity index is 0.000000189. The highest BCUT2D eigenvalue weighted by Crippen LogP contribution is 2.53. The van der Waals surface area contributed by atoms with Gasteiger partial charge in [0.05, 0.1) is 62.9 Å². The predicted octanol–water partition coefficient (Wildman–Crippen LogP) is 16.8. The second-order valence-corrected chi connectivity index (χ2v) is 47.8. The zero-order valence-corrected chi connectivity index (χ0v) is 88.1. The lowest BCUT2D eigenvalue weighted by Crippen LogP contribution is -2.41. The topological polar surface area (TPSA) is 492 Å². The Hall–Kier alpha value is -13.7. The molecule has 3 saturated heterocycles. The van der Waals surface area contributed by atoms with E-state index in [1.807, 2.05) is 76.8 Å². The number of carbonyl (C=O) groups excluding carboxylic acids is 4. The Kier molecular flexibility index (Phi) is 33.5. The van der Waals surface area contributed by atoms with E-state index in [-0.39, 0.29) is 114 Å². The van der Waals surface area contributed by atoms with Crippen LogP contribution >= 0.6 is 0 Å². The lowest BCUT2D eigenvalue weighted by atomic mass is 9.78. The molecule has 1 unspecified atom stereocenters. The molecule has 3 aliphatic heterocycles. The molecule has 11 aromatic rings. The first-order chi connectivity index (χ1) is 67.6. The van der Waals surface area contributed by atoms with Crippen LogP contribution in [0.1, 0.15) is 227 Å². The van der Waals surface area contributed by atoms with Crippen LogP contribution in [0, 0.1) is 60.5 Å². The van der Waals surface area contributed by atoms with E-state index in [1.54, 1.807) is 69.3 Å². The first-order valence-corrected chi connectivity index (χ1v) is 53.3. The summed E-state index contributed by atoms with van der Waals surface area (Å²) in [6, 6.07) is 46.2. The van der Waals surface area contributed by atoms with Gasteiger partial charge in [0, 0.05) is 72.5 Å². The third-order valence-corrected chi connectivity index (χ3v) is 29.8. The van der Waals surface area contributed by atoms with E-state index in [1.165, 1.54) is 103 Å². The summed E-state index contributed by atoms with van der Waals surface area (Å²) < 4.78 is 158. The number of nitrogen functional groups attached to an aromatic ring is 3. The van der Waals surface area contributed by atoms with Crippen molar-refractivity contribution in [2.75, 3.05) is 64.7 Å². The molecule has 0 radical (unpaired) electrons. The molecule has 0 spiro atoms. The second kappa shape index (κ2) is 44.1. The number of hydrogen-bond acceptors (Lipinski definition) is 30. The average Bonchev–Trinajstić information content (AvgIpc) is 1.56. The largest absolute Gasteiger partial charge is 0.493 e. The van der Waals surface area contributed by atoms with E-state index in [0.717, 1.165) is 55.5 Å². The van der Waals surface area contributed by atoms with Gasteiger partial charge < -0.3 is 51.2 Å². The molecule has 11 heterocycles. The van der Waals surface area contributed by atoms with E-state index >= 15 is 0 Å². The van der Waals surface area contributed by atoms with Gasteiger partial charge in [-0.1, -0.05) is 110 Å². The zero-order chi connectivity index (χ0) is 106. The van der Waals surface area contributed by atoms with Crippen molar-refractivity contribution in [2.24, 2.45) is 35.0 Å². The Morgan fingerprint density at radius 2 is 0.876 bits per heavy atom. The summed E-state index contributed by atoms with van der Waals surface area (Å²) in [6.45, 7) is 44.3. The van der Waals surface area contributed by atoms with Crippen molar-refractivity contribution < 1.29 is 82.4 Å². The fourth-order valence-electron chi connectivity index (χ4n) is 18.6. The Morgan fingerprint density at radius 3 is 1.28 bits per heavy atom. The number of nitrogens with one attached hydrogen (secondary N) is 4. The van der Waals surface area contributed by atoms with Crippen molar-refractivity contribution in [1.29, 1.82) is 0 Å². The summed E-state index contributed by atoms with van der Waals surface area (Å²) in [6.07, 6.45) is 4.39. The average molecular weight is 2070 g/mol. The highest BCUT2D eigenvalue weighted by molar-refractivity contribution is 7.90. The number of amides is 4. The maximum Gasteiger partial charge on any atom is 0.281 e. The number of aryl methyl sites for hydroxylation is 2. The van der Waals surface area contributed by atoms with Gasteiger partial charge in [0.25, 0.3) is 63.7 Å². The molecule has 1 aliphatic carbocycles. The molecule has 15 rings (SSSR count). The molecule has 40 heteroatoms. The van der Waals surface area contributed by atoms with Gasteiger partial charge in [-0.3, -0.25) is 24.2 Å². The van der Waals surface area contributed by atoms with Crippen molar-refractivity contribution in [3.63, 3.8) is 0 Å². The van der Waals surface area contributed by atoms with Crippen molar-refractivity contribution in [3.8, 4) is 39.8 Å². The molecule has 34 nitrogen and oxygen atoms in total.